The van der Waals surface area contributed by atoms with Crippen LogP contribution < -0.4 is 0 Å². The average Bonchev–Trinajstić information content (AvgIpc) is 2.34. The summed E-state index contributed by atoms with van der Waals surface area (Å²) < 4.78 is 0. The van der Waals surface area contributed by atoms with Gasteiger partial charge in [0.05, 0.1) is 0 Å². The highest BCUT2D eigenvalue weighted by Gasteiger charge is 2.08. The van der Waals surface area contributed by atoms with Crippen LogP contribution in [0.3, 0.4) is 0 Å². The van der Waals surface area contributed by atoms with E-state index < -0.39 is 0 Å². The molecule has 16 heavy (non-hydrogen) atoms. The lowest BCUT2D eigenvalue weighted by Crippen LogP contribution is -2.02. The Morgan fingerprint density at radius 2 is 1.56 bits per heavy atom. The quantitative estimate of drug-likeness (QED) is 0.338. The Hall–Kier alpha value is -0.260. The van der Waals surface area contributed by atoms with E-state index in [1.54, 1.807) is 0 Å². The summed E-state index contributed by atoms with van der Waals surface area (Å²) in [7, 11) is 0. The Kier molecular flexibility index (Phi) is 8.57. The maximum absolute atomic E-state index is 2.39. The van der Waals surface area contributed by atoms with Crippen molar-refractivity contribution >= 4 is 0 Å². The van der Waals surface area contributed by atoms with Gasteiger partial charge in [-0.25, -0.2) is 0 Å². The predicted molar refractivity (Wildman–Crippen MR) is 73.7 cm³/mol. The molecule has 0 heterocycles. The van der Waals surface area contributed by atoms with Gasteiger partial charge in [-0.1, -0.05) is 76.9 Å². The molecular weight excluding hydrogens is 192 g/mol. The second-order valence-corrected chi connectivity index (χ2v) is 5.41. The zero-order chi connectivity index (χ0) is 11.5. The monoisotopic (exact) mass is 222 g/mol. The number of allylic oxidation sites excluding steroid dienone is 2. The van der Waals surface area contributed by atoms with E-state index in [1.165, 1.54) is 77.0 Å². The summed E-state index contributed by atoms with van der Waals surface area (Å²) >= 11 is 0. The summed E-state index contributed by atoms with van der Waals surface area (Å²) in [4.78, 5) is 0. The highest BCUT2D eigenvalue weighted by Crippen LogP contribution is 2.24. The molecule has 0 amide bonds. The summed E-state index contributed by atoms with van der Waals surface area (Å²) in [6.07, 6.45) is 22.0. The standard InChI is InChI=1S/C16H30/c1-2-3-4-5-6-7-8-10-13-16-14-11-9-12-15-16/h9,11,16H,2-8,10,12-15H2,1H3. The molecule has 0 nitrogen and oxygen atoms in total. The first kappa shape index (κ1) is 13.8. The molecule has 0 bridgehead atoms. The van der Waals surface area contributed by atoms with Gasteiger partial charge in [0.25, 0.3) is 0 Å². The molecule has 1 rings (SSSR count). The van der Waals surface area contributed by atoms with Gasteiger partial charge in [-0.05, 0) is 25.2 Å². The fourth-order valence-corrected chi connectivity index (χ4v) is 2.69. The fraction of sp³-hybridized carbons (Fsp3) is 0.875. The Morgan fingerprint density at radius 3 is 2.19 bits per heavy atom. The Morgan fingerprint density at radius 1 is 0.875 bits per heavy atom. The third-order valence-electron chi connectivity index (χ3n) is 3.84. The molecule has 0 N–H and O–H groups in total. The molecule has 1 unspecified atom stereocenters. The van der Waals surface area contributed by atoms with Crippen LogP contribution in [0.1, 0.15) is 84.0 Å². The van der Waals surface area contributed by atoms with Crippen molar-refractivity contribution in [3.8, 4) is 0 Å². The van der Waals surface area contributed by atoms with Crippen molar-refractivity contribution < 1.29 is 0 Å². The van der Waals surface area contributed by atoms with E-state index in [2.05, 4.69) is 19.1 Å². The summed E-state index contributed by atoms with van der Waals surface area (Å²) in [5, 5.41) is 0. The molecule has 0 saturated carbocycles. The summed E-state index contributed by atoms with van der Waals surface area (Å²) in [5.41, 5.74) is 0. The molecule has 1 aliphatic carbocycles. The van der Waals surface area contributed by atoms with Gasteiger partial charge < -0.3 is 0 Å². The number of hydrogen-bond donors (Lipinski definition) is 0. The van der Waals surface area contributed by atoms with E-state index in [-0.39, 0.29) is 0 Å². The number of rotatable bonds is 9. The molecule has 1 atom stereocenters. The molecule has 0 heteroatoms. The Bertz CT molecular complexity index is 169. The van der Waals surface area contributed by atoms with Crippen molar-refractivity contribution in [3.63, 3.8) is 0 Å². The molecule has 0 fully saturated rings. The molecule has 0 aromatic carbocycles. The third kappa shape index (κ3) is 7.09. The van der Waals surface area contributed by atoms with Crippen LogP contribution in [0, 0.1) is 5.92 Å². The van der Waals surface area contributed by atoms with Crippen molar-refractivity contribution in [1.29, 1.82) is 0 Å². The lowest BCUT2D eigenvalue weighted by molar-refractivity contribution is 0.418. The van der Waals surface area contributed by atoms with Crippen LogP contribution in [-0.4, -0.2) is 0 Å². The lowest BCUT2D eigenvalue weighted by Gasteiger charge is -2.17. The molecule has 0 aliphatic heterocycles. The molecule has 94 valence electrons. The fourth-order valence-electron chi connectivity index (χ4n) is 2.69. The minimum atomic E-state index is 1.02. The molecular formula is C16H30. The largest absolute Gasteiger partial charge is 0.0885 e. The maximum Gasteiger partial charge on any atom is -0.0322 e. The Balaban J connectivity index is 1.79. The van der Waals surface area contributed by atoms with E-state index in [0.29, 0.717) is 0 Å². The van der Waals surface area contributed by atoms with Crippen LogP contribution in [0.25, 0.3) is 0 Å². The van der Waals surface area contributed by atoms with Crippen molar-refractivity contribution in [2.24, 2.45) is 5.92 Å². The molecule has 0 spiro atoms. The minimum absolute atomic E-state index is 1.02. The van der Waals surface area contributed by atoms with Crippen LogP contribution >= 0.6 is 0 Å². The molecule has 0 aromatic heterocycles. The van der Waals surface area contributed by atoms with Crippen LogP contribution in [0.5, 0.6) is 0 Å². The van der Waals surface area contributed by atoms with Crippen molar-refractivity contribution in [3.05, 3.63) is 12.2 Å². The van der Waals surface area contributed by atoms with Crippen molar-refractivity contribution in [1.82, 2.24) is 0 Å². The molecule has 0 radical (unpaired) electrons. The van der Waals surface area contributed by atoms with E-state index in [0.717, 1.165) is 5.92 Å². The zero-order valence-corrected chi connectivity index (χ0v) is 11.2. The van der Waals surface area contributed by atoms with Gasteiger partial charge >= 0.3 is 0 Å². The van der Waals surface area contributed by atoms with Gasteiger partial charge in [0.15, 0.2) is 0 Å². The van der Waals surface area contributed by atoms with E-state index in [9.17, 15) is 0 Å². The maximum atomic E-state index is 2.39. The highest BCUT2D eigenvalue weighted by molar-refractivity contribution is 4.89. The second kappa shape index (κ2) is 9.93. The second-order valence-electron chi connectivity index (χ2n) is 5.41. The van der Waals surface area contributed by atoms with Gasteiger partial charge in [0, 0.05) is 0 Å². The van der Waals surface area contributed by atoms with Crippen LogP contribution in [0.15, 0.2) is 12.2 Å². The highest BCUT2D eigenvalue weighted by atomic mass is 14.1. The first-order valence-electron chi connectivity index (χ1n) is 7.58. The number of unbranched alkanes of at least 4 members (excludes halogenated alkanes) is 7. The number of hydrogen-bond acceptors (Lipinski definition) is 0. The minimum Gasteiger partial charge on any atom is -0.0885 e. The van der Waals surface area contributed by atoms with E-state index >= 15 is 0 Å². The summed E-state index contributed by atoms with van der Waals surface area (Å²) in [5.74, 6) is 1.02. The lowest BCUT2D eigenvalue weighted by atomic mass is 9.89. The first-order valence-corrected chi connectivity index (χ1v) is 7.58. The summed E-state index contributed by atoms with van der Waals surface area (Å²) in [6.45, 7) is 2.29. The normalized spacial score (nSPS) is 20.2. The van der Waals surface area contributed by atoms with E-state index in [1.807, 2.05) is 0 Å². The molecule has 0 aromatic rings. The van der Waals surface area contributed by atoms with Gasteiger partial charge in [-0.2, -0.15) is 0 Å². The van der Waals surface area contributed by atoms with Gasteiger partial charge in [0.1, 0.15) is 0 Å². The van der Waals surface area contributed by atoms with Gasteiger partial charge in [-0.15, -0.1) is 0 Å². The summed E-state index contributed by atoms with van der Waals surface area (Å²) in [6, 6.07) is 0. The average molecular weight is 222 g/mol. The Labute approximate surface area is 103 Å². The van der Waals surface area contributed by atoms with Crippen molar-refractivity contribution in [2.45, 2.75) is 84.0 Å². The predicted octanol–water partition coefficient (Wildman–Crippen LogP) is 5.87. The third-order valence-corrected chi connectivity index (χ3v) is 3.84. The van der Waals surface area contributed by atoms with Crippen LogP contribution in [0.2, 0.25) is 0 Å². The first-order chi connectivity index (χ1) is 7.93. The van der Waals surface area contributed by atoms with Crippen LogP contribution in [-0.2, 0) is 0 Å². The molecule has 1 aliphatic rings. The van der Waals surface area contributed by atoms with Crippen molar-refractivity contribution in [2.75, 3.05) is 0 Å². The van der Waals surface area contributed by atoms with Gasteiger partial charge in [-0.3, -0.25) is 0 Å². The SMILES string of the molecule is CCCCCCCCCCC1CC=CCC1. The van der Waals surface area contributed by atoms with E-state index in [4.69, 9.17) is 0 Å². The molecule has 0 saturated heterocycles. The topological polar surface area (TPSA) is 0 Å². The smallest absolute Gasteiger partial charge is 0.0322 e. The zero-order valence-electron chi connectivity index (χ0n) is 11.2. The van der Waals surface area contributed by atoms with Gasteiger partial charge in [0.2, 0.25) is 0 Å². The van der Waals surface area contributed by atoms with Crippen LogP contribution in [0.4, 0.5) is 0 Å².